The first-order valence-corrected chi connectivity index (χ1v) is 7.62. The summed E-state index contributed by atoms with van der Waals surface area (Å²) < 4.78 is 4.47. The van der Waals surface area contributed by atoms with Crippen LogP contribution in [0.5, 0.6) is 0 Å². The molecule has 0 saturated heterocycles. The fourth-order valence-corrected chi connectivity index (χ4v) is 3.53. The Hall–Kier alpha value is -1.42. The Morgan fingerprint density at radius 2 is 2.11 bits per heavy atom. The van der Waals surface area contributed by atoms with E-state index in [1.807, 2.05) is 0 Å². The summed E-state index contributed by atoms with van der Waals surface area (Å²) in [7, 11) is 0. The molecule has 0 aliphatic carbocycles. The number of fused-ring (bicyclic) bond motifs is 1. The SMILES string of the molecule is CC(C)c1nsc(N2CCc3ccccc3C2C)n1. The van der Waals surface area contributed by atoms with Gasteiger partial charge in [0.05, 0.1) is 6.04 Å². The van der Waals surface area contributed by atoms with Gasteiger partial charge in [-0.25, -0.2) is 4.98 Å². The zero-order valence-corrected chi connectivity index (χ0v) is 12.4. The predicted octanol–water partition coefficient (Wildman–Crippen LogP) is 3.79. The van der Waals surface area contributed by atoms with Gasteiger partial charge in [-0.05, 0) is 24.5 Å². The summed E-state index contributed by atoms with van der Waals surface area (Å²) in [5, 5.41) is 1.06. The summed E-state index contributed by atoms with van der Waals surface area (Å²) >= 11 is 1.53. The van der Waals surface area contributed by atoms with Gasteiger partial charge in [0, 0.05) is 24.0 Å². The van der Waals surface area contributed by atoms with Gasteiger partial charge in [0.2, 0.25) is 5.13 Å². The lowest BCUT2D eigenvalue weighted by Gasteiger charge is -2.34. The minimum Gasteiger partial charge on any atom is -0.340 e. The molecule has 1 unspecified atom stereocenters. The van der Waals surface area contributed by atoms with E-state index in [0.29, 0.717) is 12.0 Å². The number of benzene rings is 1. The Labute approximate surface area is 118 Å². The van der Waals surface area contributed by atoms with E-state index in [1.54, 1.807) is 0 Å². The first-order chi connectivity index (χ1) is 9.16. The van der Waals surface area contributed by atoms with Gasteiger partial charge in [-0.2, -0.15) is 4.37 Å². The summed E-state index contributed by atoms with van der Waals surface area (Å²) in [5.74, 6) is 1.36. The molecule has 2 heterocycles. The maximum absolute atomic E-state index is 4.69. The smallest absolute Gasteiger partial charge is 0.205 e. The van der Waals surface area contributed by atoms with Crippen LogP contribution in [0.3, 0.4) is 0 Å². The molecule has 0 radical (unpaired) electrons. The van der Waals surface area contributed by atoms with Gasteiger partial charge >= 0.3 is 0 Å². The largest absolute Gasteiger partial charge is 0.340 e. The molecular weight excluding hydrogens is 254 g/mol. The number of nitrogens with zero attached hydrogens (tertiary/aromatic N) is 3. The maximum atomic E-state index is 4.69. The third kappa shape index (κ3) is 2.25. The highest BCUT2D eigenvalue weighted by Crippen LogP contribution is 2.34. The Morgan fingerprint density at radius 3 is 2.84 bits per heavy atom. The number of hydrogen-bond donors (Lipinski definition) is 0. The molecule has 19 heavy (non-hydrogen) atoms. The third-order valence-corrected chi connectivity index (χ3v) is 4.56. The van der Waals surface area contributed by atoms with Crippen LogP contribution in [0.1, 0.15) is 49.7 Å². The first kappa shape index (κ1) is 12.6. The highest BCUT2D eigenvalue weighted by molar-refractivity contribution is 7.09. The van der Waals surface area contributed by atoms with Crippen LogP contribution in [-0.2, 0) is 6.42 Å². The summed E-state index contributed by atoms with van der Waals surface area (Å²) in [5.41, 5.74) is 2.90. The fraction of sp³-hybridized carbons (Fsp3) is 0.467. The lowest BCUT2D eigenvalue weighted by Crippen LogP contribution is -2.33. The predicted molar refractivity (Wildman–Crippen MR) is 79.9 cm³/mol. The molecular formula is C15H19N3S. The summed E-state index contributed by atoms with van der Waals surface area (Å²) in [4.78, 5) is 7.07. The van der Waals surface area contributed by atoms with Crippen LogP contribution in [-0.4, -0.2) is 15.9 Å². The molecule has 1 aliphatic rings. The van der Waals surface area contributed by atoms with E-state index in [4.69, 9.17) is 4.98 Å². The van der Waals surface area contributed by atoms with Gasteiger partial charge in [-0.3, -0.25) is 0 Å². The van der Waals surface area contributed by atoms with E-state index in [2.05, 4.69) is 54.3 Å². The molecule has 0 amide bonds. The van der Waals surface area contributed by atoms with Crippen molar-refractivity contribution in [2.45, 2.75) is 39.2 Å². The Kier molecular flexibility index (Phi) is 3.27. The minimum absolute atomic E-state index is 0.387. The second kappa shape index (κ2) is 4.93. The Balaban J connectivity index is 1.91. The molecule has 0 fully saturated rings. The summed E-state index contributed by atoms with van der Waals surface area (Å²) in [6, 6.07) is 9.11. The normalized spacial score (nSPS) is 18.7. The number of anilines is 1. The summed E-state index contributed by atoms with van der Waals surface area (Å²) in [6.07, 6.45) is 1.09. The number of hydrogen-bond acceptors (Lipinski definition) is 4. The van der Waals surface area contributed by atoms with E-state index < -0.39 is 0 Å². The van der Waals surface area contributed by atoms with Crippen LogP contribution in [0.2, 0.25) is 0 Å². The van der Waals surface area contributed by atoms with Crippen molar-refractivity contribution < 1.29 is 0 Å². The molecule has 3 nitrogen and oxygen atoms in total. The number of rotatable bonds is 2. The van der Waals surface area contributed by atoms with E-state index in [-0.39, 0.29) is 0 Å². The molecule has 4 heteroatoms. The van der Waals surface area contributed by atoms with Gasteiger partial charge in [-0.15, -0.1) is 0 Å². The van der Waals surface area contributed by atoms with Crippen molar-refractivity contribution in [2.75, 3.05) is 11.4 Å². The summed E-state index contributed by atoms with van der Waals surface area (Å²) in [6.45, 7) is 7.57. The third-order valence-electron chi connectivity index (χ3n) is 3.79. The molecule has 1 atom stereocenters. The second-order valence-electron chi connectivity index (χ2n) is 5.41. The van der Waals surface area contributed by atoms with Crippen molar-refractivity contribution in [3.05, 3.63) is 41.2 Å². The number of aromatic nitrogens is 2. The van der Waals surface area contributed by atoms with E-state index in [1.165, 1.54) is 22.7 Å². The van der Waals surface area contributed by atoms with Gasteiger partial charge in [-0.1, -0.05) is 38.1 Å². The second-order valence-corrected chi connectivity index (χ2v) is 6.14. The molecule has 100 valence electrons. The Bertz CT molecular complexity index is 576. The Morgan fingerprint density at radius 1 is 1.32 bits per heavy atom. The fourth-order valence-electron chi connectivity index (χ4n) is 2.61. The molecule has 1 aromatic heterocycles. The highest BCUT2D eigenvalue weighted by atomic mass is 32.1. The van der Waals surface area contributed by atoms with Crippen molar-refractivity contribution >= 4 is 16.7 Å². The zero-order chi connectivity index (χ0) is 13.4. The van der Waals surface area contributed by atoms with Crippen molar-refractivity contribution in [2.24, 2.45) is 0 Å². The molecule has 1 aromatic carbocycles. The molecule has 2 aromatic rings. The average Bonchev–Trinajstić information content (AvgIpc) is 2.89. The first-order valence-electron chi connectivity index (χ1n) is 6.85. The molecule has 0 bridgehead atoms. The average molecular weight is 273 g/mol. The van der Waals surface area contributed by atoms with E-state index >= 15 is 0 Å². The monoisotopic (exact) mass is 273 g/mol. The van der Waals surface area contributed by atoms with Gasteiger partial charge in [0.1, 0.15) is 5.82 Å². The minimum atomic E-state index is 0.387. The van der Waals surface area contributed by atoms with Crippen LogP contribution in [0.15, 0.2) is 24.3 Å². The quantitative estimate of drug-likeness (QED) is 0.833. The van der Waals surface area contributed by atoms with Crippen LogP contribution < -0.4 is 4.90 Å². The van der Waals surface area contributed by atoms with Crippen molar-refractivity contribution in [1.82, 2.24) is 9.36 Å². The zero-order valence-electron chi connectivity index (χ0n) is 11.6. The van der Waals surface area contributed by atoms with Crippen molar-refractivity contribution in [3.63, 3.8) is 0 Å². The van der Waals surface area contributed by atoms with Crippen LogP contribution in [0.25, 0.3) is 0 Å². The highest BCUT2D eigenvalue weighted by Gasteiger charge is 2.26. The standard InChI is InChI=1S/C15H19N3S/c1-10(2)14-16-15(19-17-14)18-9-8-12-6-4-5-7-13(12)11(18)3/h4-7,10-11H,8-9H2,1-3H3. The van der Waals surface area contributed by atoms with E-state index in [0.717, 1.165) is 23.9 Å². The lowest BCUT2D eigenvalue weighted by molar-refractivity contribution is 0.621. The lowest BCUT2D eigenvalue weighted by atomic mass is 9.94. The van der Waals surface area contributed by atoms with Crippen molar-refractivity contribution in [3.8, 4) is 0 Å². The molecule has 3 rings (SSSR count). The van der Waals surface area contributed by atoms with Crippen LogP contribution in [0, 0.1) is 0 Å². The van der Waals surface area contributed by atoms with Crippen LogP contribution in [0.4, 0.5) is 5.13 Å². The molecule has 0 N–H and O–H groups in total. The molecule has 0 saturated carbocycles. The molecule has 1 aliphatic heterocycles. The van der Waals surface area contributed by atoms with Crippen LogP contribution >= 0.6 is 11.5 Å². The maximum Gasteiger partial charge on any atom is 0.205 e. The molecule has 0 spiro atoms. The van der Waals surface area contributed by atoms with Crippen molar-refractivity contribution in [1.29, 1.82) is 0 Å². The van der Waals surface area contributed by atoms with E-state index in [9.17, 15) is 0 Å². The van der Waals surface area contributed by atoms with Gasteiger partial charge < -0.3 is 4.90 Å². The van der Waals surface area contributed by atoms with Gasteiger partial charge in [0.25, 0.3) is 0 Å². The van der Waals surface area contributed by atoms with Gasteiger partial charge in [0.15, 0.2) is 0 Å². The topological polar surface area (TPSA) is 29.0 Å².